The highest BCUT2D eigenvalue weighted by Gasteiger charge is 2.15. The molecule has 19 heavy (non-hydrogen) atoms. The topological polar surface area (TPSA) is 87.3 Å². The number of nitrogens with zero attached hydrogens (tertiary/aromatic N) is 2. The van der Waals surface area contributed by atoms with Gasteiger partial charge in [0, 0.05) is 6.07 Å². The number of fused-ring (bicyclic) bond motifs is 1. The molecule has 1 aromatic heterocycles. The van der Waals surface area contributed by atoms with Crippen LogP contribution in [0.15, 0.2) is 24.5 Å². The number of benzene rings is 1. The van der Waals surface area contributed by atoms with Crippen molar-refractivity contribution in [3.8, 4) is 5.88 Å². The highest BCUT2D eigenvalue weighted by Crippen LogP contribution is 2.21. The molecule has 0 aliphatic heterocycles. The van der Waals surface area contributed by atoms with E-state index in [-0.39, 0.29) is 12.5 Å². The van der Waals surface area contributed by atoms with Crippen molar-refractivity contribution in [2.75, 3.05) is 13.7 Å². The second kappa shape index (κ2) is 5.57. The Balaban J connectivity index is 2.19. The number of methoxy groups -OCH3 is 1. The highest BCUT2D eigenvalue weighted by atomic mass is 19.1. The number of hydrogen-bond donors (Lipinski definition) is 1. The minimum atomic E-state index is -0.907. The van der Waals surface area contributed by atoms with E-state index in [0.29, 0.717) is 10.9 Å². The SMILES string of the molecule is COC(=O)C(N)COc1ncnc2cc(F)ccc12. The molecule has 0 spiro atoms. The summed E-state index contributed by atoms with van der Waals surface area (Å²) in [6, 6.07) is 3.14. The van der Waals surface area contributed by atoms with Gasteiger partial charge in [0.2, 0.25) is 5.88 Å². The molecule has 0 radical (unpaired) electrons. The number of halogens is 1. The van der Waals surface area contributed by atoms with E-state index in [9.17, 15) is 9.18 Å². The van der Waals surface area contributed by atoms with E-state index in [1.165, 1.54) is 31.6 Å². The maximum atomic E-state index is 13.1. The van der Waals surface area contributed by atoms with Gasteiger partial charge in [0.05, 0.1) is 18.0 Å². The zero-order valence-corrected chi connectivity index (χ0v) is 10.2. The highest BCUT2D eigenvalue weighted by molar-refractivity contribution is 5.83. The first-order valence-electron chi connectivity index (χ1n) is 5.48. The van der Waals surface area contributed by atoms with Crippen LogP contribution in [0.4, 0.5) is 4.39 Å². The zero-order chi connectivity index (χ0) is 13.8. The fourth-order valence-electron chi connectivity index (χ4n) is 1.51. The van der Waals surface area contributed by atoms with Gasteiger partial charge in [-0.15, -0.1) is 0 Å². The maximum Gasteiger partial charge on any atom is 0.326 e. The molecule has 2 aromatic rings. The van der Waals surface area contributed by atoms with Crippen molar-refractivity contribution >= 4 is 16.9 Å². The Bertz CT molecular complexity index is 606. The standard InChI is InChI=1S/C12H12FN3O3/c1-18-12(17)9(14)5-19-11-8-3-2-7(13)4-10(8)15-6-16-11/h2-4,6,9H,5,14H2,1H3. The summed E-state index contributed by atoms with van der Waals surface area (Å²) in [7, 11) is 1.24. The van der Waals surface area contributed by atoms with Gasteiger partial charge in [0.15, 0.2) is 0 Å². The first-order valence-corrected chi connectivity index (χ1v) is 5.48. The molecule has 2 N–H and O–H groups in total. The summed E-state index contributed by atoms with van der Waals surface area (Å²) < 4.78 is 22.9. The molecule has 0 fully saturated rings. The quantitative estimate of drug-likeness (QED) is 0.816. The van der Waals surface area contributed by atoms with Crippen molar-refractivity contribution in [1.82, 2.24) is 9.97 Å². The third-order valence-electron chi connectivity index (χ3n) is 2.47. The van der Waals surface area contributed by atoms with Crippen molar-refractivity contribution in [2.45, 2.75) is 6.04 Å². The predicted octanol–water partition coefficient (Wildman–Crippen LogP) is 0.648. The number of carbonyl (C=O) groups is 1. The van der Waals surface area contributed by atoms with Gasteiger partial charge in [-0.3, -0.25) is 4.79 Å². The average molecular weight is 265 g/mol. The van der Waals surface area contributed by atoms with Gasteiger partial charge in [0.1, 0.15) is 24.8 Å². The fraction of sp³-hybridized carbons (Fsp3) is 0.250. The zero-order valence-electron chi connectivity index (χ0n) is 10.2. The van der Waals surface area contributed by atoms with Crippen molar-refractivity contribution in [2.24, 2.45) is 5.73 Å². The minimum Gasteiger partial charge on any atom is -0.475 e. The van der Waals surface area contributed by atoms with Gasteiger partial charge in [-0.2, -0.15) is 0 Å². The molecule has 2 rings (SSSR count). The van der Waals surface area contributed by atoms with E-state index in [1.807, 2.05) is 0 Å². The Morgan fingerprint density at radius 1 is 1.47 bits per heavy atom. The number of aromatic nitrogens is 2. The Morgan fingerprint density at radius 3 is 3.00 bits per heavy atom. The third kappa shape index (κ3) is 2.94. The van der Waals surface area contributed by atoms with Gasteiger partial charge in [-0.1, -0.05) is 0 Å². The first-order chi connectivity index (χ1) is 9.11. The monoisotopic (exact) mass is 265 g/mol. The summed E-state index contributed by atoms with van der Waals surface area (Å²) in [5.41, 5.74) is 5.95. The second-order valence-corrected chi connectivity index (χ2v) is 3.78. The van der Waals surface area contributed by atoms with Crippen LogP contribution in [-0.4, -0.2) is 35.7 Å². The number of carbonyl (C=O) groups excluding carboxylic acids is 1. The maximum absolute atomic E-state index is 13.1. The number of ether oxygens (including phenoxy) is 2. The van der Waals surface area contributed by atoms with Crippen LogP contribution in [0, 0.1) is 5.82 Å². The second-order valence-electron chi connectivity index (χ2n) is 3.78. The molecule has 0 aliphatic carbocycles. The lowest BCUT2D eigenvalue weighted by atomic mass is 10.2. The Kier molecular flexibility index (Phi) is 3.86. The molecule has 100 valence electrons. The van der Waals surface area contributed by atoms with Gasteiger partial charge < -0.3 is 15.2 Å². The normalized spacial score (nSPS) is 12.2. The van der Waals surface area contributed by atoms with Crippen molar-refractivity contribution in [1.29, 1.82) is 0 Å². The summed E-state index contributed by atoms with van der Waals surface area (Å²) in [6.45, 7) is -0.0871. The summed E-state index contributed by atoms with van der Waals surface area (Å²) >= 11 is 0. The summed E-state index contributed by atoms with van der Waals surface area (Å²) in [5, 5.41) is 0.543. The van der Waals surface area contributed by atoms with Crippen LogP contribution in [-0.2, 0) is 9.53 Å². The predicted molar refractivity (Wildman–Crippen MR) is 65.0 cm³/mol. The van der Waals surface area contributed by atoms with E-state index in [1.54, 1.807) is 0 Å². The summed E-state index contributed by atoms with van der Waals surface area (Å²) in [4.78, 5) is 19.0. The Labute approximate surface area is 108 Å². The first kappa shape index (κ1) is 13.2. The van der Waals surface area contributed by atoms with E-state index in [0.717, 1.165) is 0 Å². The largest absolute Gasteiger partial charge is 0.475 e. The van der Waals surface area contributed by atoms with E-state index < -0.39 is 17.8 Å². The van der Waals surface area contributed by atoms with Crippen LogP contribution in [0.3, 0.4) is 0 Å². The van der Waals surface area contributed by atoms with Gasteiger partial charge in [-0.25, -0.2) is 14.4 Å². The molecule has 1 atom stereocenters. The molecule has 6 nitrogen and oxygen atoms in total. The summed E-state index contributed by atoms with van der Waals surface area (Å²) in [5.74, 6) is -0.739. The molecule has 7 heteroatoms. The Hall–Kier alpha value is -2.28. The Morgan fingerprint density at radius 2 is 2.26 bits per heavy atom. The fourth-order valence-corrected chi connectivity index (χ4v) is 1.51. The van der Waals surface area contributed by atoms with Crippen LogP contribution >= 0.6 is 0 Å². The van der Waals surface area contributed by atoms with Crippen molar-refractivity contribution in [3.63, 3.8) is 0 Å². The van der Waals surface area contributed by atoms with Crippen LogP contribution in [0.25, 0.3) is 10.9 Å². The van der Waals surface area contributed by atoms with Crippen LogP contribution in [0.1, 0.15) is 0 Å². The number of esters is 1. The molecule has 0 amide bonds. The number of rotatable bonds is 4. The van der Waals surface area contributed by atoms with Gasteiger partial charge >= 0.3 is 5.97 Å². The number of nitrogens with two attached hydrogens (primary N) is 1. The molecule has 0 saturated carbocycles. The molecule has 0 bridgehead atoms. The van der Waals surface area contributed by atoms with E-state index in [4.69, 9.17) is 10.5 Å². The molecular weight excluding hydrogens is 253 g/mol. The van der Waals surface area contributed by atoms with Crippen LogP contribution < -0.4 is 10.5 Å². The lowest BCUT2D eigenvalue weighted by Gasteiger charge is -2.11. The lowest BCUT2D eigenvalue weighted by Crippen LogP contribution is -2.37. The number of hydrogen-bond acceptors (Lipinski definition) is 6. The van der Waals surface area contributed by atoms with E-state index in [2.05, 4.69) is 14.7 Å². The lowest BCUT2D eigenvalue weighted by molar-refractivity contribution is -0.142. The van der Waals surface area contributed by atoms with Gasteiger partial charge in [-0.05, 0) is 12.1 Å². The van der Waals surface area contributed by atoms with E-state index >= 15 is 0 Å². The van der Waals surface area contributed by atoms with Crippen LogP contribution in [0.5, 0.6) is 5.88 Å². The van der Waals surface area contributed by atoms with Gasteiger partial charge in [0.25, 0.3) is 0 Å². The average Bonchev–Trinajstić information content (AvgIpc) is 2.43. The molecule has 0 saturated heterocycles. The molecular formula is C12H12FN3O3. The minimum absolute atomic E-state index is 0.0871. The molecule has 1 aromatic carbocycles. The van der Waals surface area contributed by atoms with Crippen molar-refractivity contribution < 1.29 is 18.7 Å². The smallest absolute Gasteiger partial charge is 0.326 e. The van der Waals surface area contributed by atoms with Crippen LogP contribution in [0.2, 0.25) is 0 Å². The molecule has 1 heterocycles. The van der Waals surface area contributed by atoms with Crippen molar-refractivity contribution in [3.05, 3.63) is 30.3 Å². The summed E-state index contributed by atoms with van der Waals surface area (Å²) in [6.07, 6.45) is 1.25. The third-order valence-corrected chi connectivity index (χ3v) is 2.47. The molecule has 0 aliphatic rings. The molecule has 1 unspecified atom stereocenters.